The zero-order valence-electron chi connectivity index (χ0n) is 13.6. The Labute approximate surface area is 143 Å². The molecule has 0 aromatic carbocycles. The minimum atomic E-state index is -4.71. The molecule has 2 aromatic rings. The van der Waals surface area contributed by atoms with Crippen LogP contribution in [0.2, 0.25) is 0 Å². The van der Waals surface area contributed by atoms with Crippen LogP contribution in [0.3, 0.4) is 0 Å². The number of carbonyl (C=O) groups excluding carboxylic acids is 1. The summed E-state index contributed by atoms with van der Waals surface area (Å²) in [5.74, 6) is -1.39. The Morgan fingerprint density at radius 1 is 1.23 bits per heavy atom. The summed E-state index contributed by atoms with van der Waals surface area (Å²) >= 11 is 0. The topological polar surface area (TPSA) is 120 Å². The molecule has 140 valence electrons. The predicted octanol–water partition coefficient (Wildman–Crippen LogP) is 0.592. The van der Waals surface area contributed by atoms with Gasteiger partial charge in [0, 0.05) is 18.8 Å². The van der Waals surface area contributed by atoms with Gasteiger partial charge in [-0.15, -0.1) is 0 Å². The quantitative estimate of drug-likeness (QED) is 0.745. The molecule has 0 radical (unpaired) electrons. The number of aromatic nitrogens is 3. The van der Waals surface area contributed by atoms with Crippen molar-refractivity contribution in [1.29, 1.82) is 0 Å². The van der Waals surface area contributed by atoms with Crippen LogP contribution in [0.4, 0.5) is 19.0 Å². The maximum Gasteiger partial charge on any atom is 0.417 e. The van der Waals surface area contributed by atoms with Crippen LogP contribution in [-0.4, -0.2) is 19.9 Å². The van der Waals surface area contributed by atoms with Gasteiger partial charge in [-0.05, 0) is 12.5 Å². The minimum absolute atomic E-state index is 0.130. The van der Waals surface area contributed by atoms with Gasteiger partial charge in [0.2, 0.25) is 0 Å². The molecule has 2 rings (SSSR count). The Balaban J connectivity index is 2.49. The first-order valence-corrected chi connectivity index (χ1v) is 7.49. The Kier molecular flexibility index (Phi) is 5.19. The van der Waals surface area contributed by atoms with Crippen molar-refractivity contribution in [2.75, 3.05) is 5.73 Å². The largest absolute Gasteiger partial charge is 0.417 e. The Morgan fingerprint density at radius 2 is 1.88 bits per heavy atom. The molecule has 11 heteroatoms. The first-order chi connectivity index (χ1) is 12.1. The lowest BCUT2D eigenvalue weighted by Crippen LogP contribution is -2.37. The molecule has 0 aliphatic heterocycles. The smallest absolute Gasteiger partial charge is 0.384 e. The lowest BCUT2D eigenvalue weighted by molar-refractivity contribution is -0.138. The van der Waals surface area contributed by atoms with Crippen LogP contribution >= 0.6 is 0 Å². The molecule has 0 fully saturated rings. The van der Waals surface area contributed by atoms with Crippen molar-refractivity contribution >= 4 is 11.6 Å². The number of ketones is 1. The van der Waals surface area contributed by atoms with Crippen molar-refractivity contribution in [2.45, 2.75) is 32.6 Å². The van der Waals surface area contributed by atoms with Crippen molar-refractivity contribution in [3.05, 3.63) is 60.6 Å². The van der Waals surface area contributed by atoms with Crippen LogP contribution in [0.1, 0.15) is 29.3 Å². The third-order valence-electron chi connectivity index (χ3n) is 3.59. The van der Waals surface area contributed by atoms with Crippen molar-refractivity contribution in [3.8, 4) is 0 Å². The fourth-order valence-corrected chi connectivity index (χ4v) is 2.36. The fourth-order valence-electron chi connectivity index (χ4n) is 2.36. The van der Waals surface area contributed by atoms with E-state index in [9.17, 15) is 32.3 Å². The molecule has 0 atom stereocenters. The molecule has 2 heterocycles. The lowest BCUT2D eigenvalue weighted by atomic mass is 10.2. The highest BCUT2D eigenvalue weighted by Crippen LogP contribution is 2.28. The van der Waals surface area contributed by atoms with E-state index >= 15 is 0 Å². The van der Waals surface area contributed by atoms with E-state index in [1.165, 1.54) is 0 Å². The van der Waals surface area contributed by atoms with Gasteiger partial charge in [0.15, 0.2) is 5.78 Å². The molecule has 2 aromatic heterocycles. The first-order valence-electron chi connectivity index (χ1n) is 7.49. The third-order valence-corrected chi connectivity index (χ3v) is 3.59. The summed E-state index contributed by atoms with van der Waals surface area (Å²) in [4.78, 5) is 49.7. The van der Waals surface area contributed by atoms with Crippen LogP contribution in [0.25, 0.3) is 0 Å². The number of nitrogens with two attached hydrogens (primary N) is 1. The summed E-state index contributed by atoms with van der Waals surface area (Å²) < 4.78 is 39.8. The van der Waals surface area contributed by atoms with Gasteiger partial charge in [-0.1, -0.05) is 6.92 Å². The van der Waals surface area contributed by atoms with Gasteiger partial charge >= 0.3 is 11.9 Å². The standard InChI is InChI=1S/C15H15F3N4O4/c1-2-5-22-12(19)11(13(25)20-14(22)26)9(23)7-21-6-8(15(16,17)18)3-4-10(21)24/h3-4,6H,2,5,7,19H2,1H3,(H,20,25,26). The second-order valence-corrected chi connectivity index (χ2v) is 5.48. The highest BCUT2D eigenvalue weighted by Gasteiger charge is 2.31. The van der Waals surface area contributed by atoms with Gasteiger partial charge < -0.3 is 10.3 Å². The van der Waals surface area contributed by atoms with Crippen LogP contribution in [0.5, 0.6) is 0 Å². The molecule has 26 heavy (non-hydrogen) atoms. The molecule has 0 amide bonds. The van der Waals surface area contributed by atoms with Crippen molar-refractivity contribution in [2.24, 2.45) is 0 Å². The molecule has 0 unspecified atom stereocenters. The zero-order valence-corrected chi connectivity index (χ0v) is 13.6. The highest BCUT2D eigenvalue weighted by molar-refractivity contribution is 5.99. The Hall–Kier alpha value is -3.11. The molecule has 0 aliphatic rings. The number of anilines is 1. The zero-order chi connectivity index (χ0) is 19.6. The van der Waals surface area contributed by atoms with Crippen LogP contribution in [0, 0.1) is 0 Å². The number of aromatic amines is 1. The molecule has 0 bridgehead atoms. The number of rotatable bonds is 5. The number of alkyl halides is 3. The van der Waals surface area contributed by atoms with Gasteiger partial charge in [-0.25, -0.2) is 4.79 Å². The van der Waals surface area contributed by atoms with Crippen molar-refractivity contribution < 1.29 is 18.0 Å². The van der Waals surface area contributed by atoms with Crippen LogP contribution in [0.15, 0.2) is 32.7 Å². The van der Waals surface area contributed by atoms with E-state index in [2.05, 4.69) is 0 Å². The van der Waals surface area contributed by atoms with Gasteiger partial charge in [0.25, 0.3) is 11.1 Å². The maximum absolute atomic E-state index is 12.8. The molecule has 0 saturated carbocycles. The average Bonchev–Trinajstić information content (AvgIpc) is 2.52. The number of nitrogen functional groups attached to an aromatic ring is 1. The number of nitrogens with one attached hydrogen (secondary N) is 1. The maximum atomic E-state index is 12.8. The second kappa shape index (κ2) is 7.02. The number of carbonyl (C=O) groups is 1. The third kappa shape index (κ3) is 3.76. The second-order valence-electron chi connectivity index (χ2n) is 5.48. The van der Waals surface area contributed by atoms with E-state index in [1.54, 1.807) is 6.92 Å². The van der Waals surface area contributed by atoms with E-state index in [1.807, 2.05) is 4.98 Å². The summed E-state index contributed by atoms with van der Waals surface area (Å²) in [6.07, 6.45) is -3.74. The van der Waals surface area contributed by atoms with Gasteiger partial charge in [0.1, 0.15) is 11.4 Å². The fraction of sp³-hybridized carbons (Fsp3) is 0.333. The monoisotopic (exact) mass is 372 g/mol. The highest BCUT2D eigenvalue weighted by atomic mass is 19.4. The van der Waals surface area contributed by atoms with Crippen molar-refractivity contribution in [1.82, 2.24) is 14.1 Å². The van der Waals surface area contributed by atoms with Gasteiger partial charge in [-0.2, -0.15) is 13.2 Å². The first kappa shape index (κ1) is 19.2. The van der Waals surface area contributed by atoms with E-state index in [4.69, 9.17) is 5.73 Å². The molecule has 8 nitrogen and oxygen atoms in total. The summed E-state index contributed by atoms with van der Waals surface area (Å²) in [5.41, 5.74) is 1.29. The summed E-state index contributed by atoms with van der Waals surface area (Å²) in [6.45, 7) is 1.03. The SMILES string of the molecule is CCCn1c(N)c(C(=O)Cn2cc(C(F)(F)F)ccc2=O)c(=O)[nH]c1=O. The normalized spacial score (nSPS) is 11.5. The molecule has 0 saturated heterocycles. The minimum Gasteiger partial charge on any atom is -0.384 e. The van der Waals surface area contributed by atoms with Crippen LogP contribution < -0.4 is 22.5 Å². The molecule has 3 N–H and O–H groups in total. The number of H-pyrrole nitrogens is 1. The number of hydrogen-bond donors (Lipinski definition) is 2. The summed E-state index contributed by atoms with van der Waals surface area (Å²) in [6, 6.07) is 1.26. The Bertz CT molecular complexity index is 1020. The van der Waals surface area contributed by atoms with E-state index in [0.717, 1.165) is 4.57 Å². The average molecular weight is 372 g/mol. The number of hydrogen-bond acceptors (Lipinski definition) is 5. The van der Waals surface area contributed by atoms with Gasteiger partial charge in [-0.3, -0.25) is 23.9 Å². The number of Topliss-reactive ketones (excluding diaryl/α,β-unsaturated/α-hetero) is 1. The number of pyridine rings is 1. The van der Waals surface area contributed by atoms with E-state index in [-0.39, 0.29) is 6.54 Å². The molecular weight excluding hydrogens is 357 g/mol. The predicted molar refractivity (Wildman–Crippen MR) is 86.1 cm³/mol. The number of nitrogens with zero attached hydrogens (tertiary/aromatic N) is 2. The van der Waals surface area contributed by atoms with E-state index < -0.39 is 52.3 Å². The van der Waals surface area contributed by atoms with Crippen LogP contribution in [-0.2, 0) is 19.3 Å². The summed E-state index contributed by atoms with van der Waals surface area (Å²) in [5, 5.41) is 0. The van der Waals surface area contributed by atoms with Gasteiger partial charge in [0.05, 0.1) is 12.1 Å². The van der Waals surface area contributed by atoms with E-state index in [0.29, 0.717) is 29.3 Å². The number of halogens is 3. The molecular formula is C15H15F3N4O4. The summed E-state index contributed by atoms with van der Waals surface area (Å²) in [7, 11) is 0. The molecule has 0 aliphatic carbocycles. The molecule has 0 spiro atoms. The Morgan fingerprint density at radius 3 is 2.46 bits per heavy atom. The lowest BCUT2D eigenvalue weighted by Gasteiger charge is -2.13. The van der Waals surface area contributed by atoms with Crippen molar-refractivity contribution in [3.63, 3.8) is 0 Å².